The molecule has 0 unspecified atom stereocenters. The monoisotopic (exact) mass is 219 g/mol. The Morgan fingerprint density at radius 2 is 2.06 bits per heavy atom. The van der Waals surface area contributed by atoms with Gasteiger partial charge in [-0.2, -0.15) is 0 Å². The average molecular weight is 219 g/mol. The van der Waals surface area contributed by atoms with Gasteiger partial charge in [-0.3, -0.25) is 0 Å². The summed E-state index contributed by atoms with van der Waals surface area (Å²) in [7, 11) is 1.74. The van der Waals surface area contributed by atoms with Gasteiger partial charge in [-0.05, 0) is 37.3 Å². The van der Waals surface area contributed by atoms with Crippen LogP contribution in [0.15, 0.2) is 24.3 Å². The molecule has 0 aliphatic heterocycles. The van der Waals surface area contributed by atoms with E-state index in [9.17, 15) is 0 Å². The number of benzene rings is 1. The average Bonchev–Trinajstić information content (AvgIpc) is 2.25. The number of ether oxygens (including phenoxy) is 1. The second kappa shape index (κ2) is 4.98. The summed E-state index contributed by atoms with van der Waals surface area (Å²) >= 11 is 0. The summed E-state index contributed by atoms with van der Waals surface area (Å²) in [5, 5.41) is 3.64. The van der Waals surface area contributed by atoms with E-state index in [1.165, 1.54) is 30.4 Å². The summed E-state index contributed by atoms with van der Waals surface area (Å²) in [6, 6.07) is 8.61. The maximum Gasteiger partial charge on any atom is 0.0713 e. The maximum absolute atomic E-state index is 5.14. The van der Waals surface area contributed by atoms with E-state index in [2.05, 4.69) is 36.5 Å². The van der Waals surface area contributed by atoms with Crippen LogP contribution in [0, 0.1) is 0 Å². The molecule has 0 spiro atoms. The molecule has 1 fully saturated rings. The summed E-state index contributed by atoms with van der Waals surface area (Å²) in [4.78, 5) is 0. The van der Waals surface area contributed by atoms with Crippen molar-refractivity contribution in [1.29, 1.82) is 0 Å². The number of methoxy groups -OCH3 is 1. The second-order valence-corrected chi connectivity index (χ2v) is 5.02. The van der Waals surface area contributed by atoms with E-state index in [0.29, 0.717) is 12.1 Å². The van der Waals surface area contributed by atoms with Crippen LogP contribution in [0.2, 0.25) is 0 Å². The molecule has 0 radical (unpaired) electrons. The minimum atomic E-state index is 0.386. The van der Waals surface area contributed by atoms with Gasteiger partial charge in [0, 0.05) is 19.2 Å². The van der Waals surface area contributed by atoms with Gasteiger partial charge in [0.25, 0.3) is 0 Å². The Morgan fingerprint density at radius 3 is 2.69 bits per heavy atom. The minimum absolute atomic E-state index is 0.386. The van der Waals surface area contributed by atoms with Crippen molar-refractivity contribution in [1.82, 2.24) is 5.32 Å². The molecule has 2 heteroatoms. The Balaban J connectivity index is 1.90. The smallest absolute Gasteiger partial charge is 0.0713 e. The molecule has 88 valence electrons. The molecule has 16 heavy (non-hydrogen) atoms. The molecule has 1 saturated carbocycles. The molecule has 1 aliphatic carbocycles. The van der Waals surface area contributed by atoms with Crippen LogP contribution in [-0.2, 0) is 17.9 Å². The highest BCUT2D eigenvalue weighted by Crippen LogP contribution is 2.31. The largest absolute Gasteiger partial charge is 0.380 e. The zero-order valence-electron chi connectivity index (χ0n) is 10.3. The van der Waals surface area contributed by atoms with Crippen LogP contribution in [-0.4, -0.2) is 12.6 Å². The van der Waals surface area contributed by atoms with Gasteiger partial charge in [-0.25, -0.2) is 0 Å². The quantitative estimate of drug-likeness (QED) is 0.822. The van der Waals surface area contributed by atoms with Crippen molar-refractivity contribution in [3.8, 4) is 0 Å². The lowest BCUT2D eigenvalue weighted by atomic mass is 9.78. The van der Waals surface area contributed by atoms with Crippen LogP contribution >= 0.6 is 0 Å². The minimum Gasteiger partial charge on any atom is -0.380 e. The van der Waals surface area contributed by atoms with E-state index >= 15 is 0 Å². The van der Waals surface area contributed by atoms with Gasteiger partial charge in [-0.15, -0.1) is 0 Å². The van der Waals surface area contributed by atoms with Crippen LogP contribution in [0.3, 0.4) is 0 Å². The fourth-order valence-corrected chi connectivity index (χ4v) is 2.20. The first-order valence-corrected chi connectivity index (χ1v) is 6.04. The molecule has 1 N–H and O–H groups in total. The highest BCUT2D eigenvalue weighted by Gasteiger charge is 2.30. The third kappa shape index (κ3) is 2.83. The molecule has 0 heterocycles. The van der Waals surface area contributed by atoms with Gasteiger partial charge >= 0.3 is 0 Å². The molecular formula is C14H21NO. The molecule has 0 amide bonds. The van der Waals surface area contributed by atoms with Crippen molar-refractivity contribution in [3.05, 3.63) is 35.4 Å². The summed E-state index contributed by atoms with van der Waals surface area (Å²) in [5.41, 5.74) is 2.99. The molecule has 1 aliphatic rings. The molecule has 2 rings (SSSR count). The van der Waals surface area contributed by atoms with Crippen LogP contribution in [0.25, 0.3) is 0 Å². The fraction of sp³-hybridized carbons (Fsp3) is 0.571. The standard InChI is InChI=1S/C14H21NO/c1-14(7-4-8-14)15-10-12-5-3-6-13(9-12)11-16-2/h3,5-6,9,15H,4,7-8,10-11H2,1-2H3. The van der Waals surface area contributed by atoms with E-state index < -0.39 is 0 Å². The van der Waals surface area contributed by atoms with E-state index in [0.717, 1.165) is 6.54 Å². The second-order valence-electron chi connectivity index (χ2n) is 5.02. The van der Waals surface area contributed by atoms with Crippen molar-refractivity contribution in [3.63, 3.8) is 0 Å². The lowest BCUT2D eigenvalue weighted by Gasteiger charge is -2.39. The summed E-state index contributed by atoms with van der Waals surface area (Å²) < 4.78 is 5.14. The Bertz CT molecular complexity index is 344. The number of nitrogens with one attached hydrogen (secondary N) is 1. The first-order valence-electron chi connectivity index (χ1n) is 6.04. The van der Waals surface area contributed by atoms with Crippen LogP contribution in [0.1, 0.15) is 37.3 Å². The summed E-state index contributed by atoms with van der Waals surface area (Å²) in [6.45, 7) is 3.98. The number of rotatable bonds is 5. The van der Waals surface area contributed by atoms with Gasteiger partial charge < -0.3 is 10.1 Å². The van der Waals surface area contributed by atoms with Gasteiger partial charge in [0.2, 0.25) is 0 Å². The Hall–Kier alpha value is -0.860. The highest BCUT2D eigenvalue weighted by atomic mass is 16.5. The number of hydrogen-bond acceptors (Lipinski definition) is 2. The Morgan fingerprint density at radius 1 is 1.31 bits per heavy atom. The van der Waals surface area contributed by atoms with Crippen LogP contribution < -0.4 is 5.32 Å². The van der Waals surface area contributed by atoms with Crippen molar-refractivity contribution in [2.45, 2.75) is 44.9 Å². The maximum atomic E-state index is 5.14. The van der Waals surface area contributed by atoms with E-state index in [-0.39, 0.29) is 0 Å². The Kier molecular flexibility index (Phi) is 3.62. The molecule has 0 saturated heterocycles. The van der Waals surface area contributed by atoms with E-state index in [1.807, 2.05) is 0 Å². The van der Waals surface area contributed by atoms with Crippen molar-refractivity contribution in [2.75, 3.05) is 7.11 Å². The summed E-state index contributed by atoms with van der Waals surface area (Å²) in [5.74, 6) is 0. The zero-order chi connectivity index (χ0) is 11.4. The third-order valence-electron chi connectivity index (χ3n) is 3.48. The molecule has 0 atom stereocenters. The fourth-order valence-electron chi connectivity index (χ4n) is 2.20. The molecule has 0 aromatic heterocycles. The van der Waals surface area contributed by atoms with Gasteiger partial charge in [0.05, 0.1) is 6.61 Å². The normalized spacial score (nSPS) is 18.1. The van der Waals surface area contributed by atoms with Crippen molar-refractivity contribution >= 4 is 0 Å². The predicted molar refractivity (Wildman–Crippen MR) is 66.3 cm³/mol. The SMILES string of the molecule is COCc1cccc(CNC2(C)CCC2)c1. The van der Waals surface area contributed by atoms with Crippen LogP contribution in [0.5, 0.6) is 0 Å². The van der Waals surface area contributed by atoms with Gasteiger partial charge in [-0.1, -0.05) is 24.3 Å². The first-order chi connectivity index (χ1) is 7.72. The molecular weight excluding hydrogens is 198 g/mol. The molecule has 1 aromatic rings. The van der Waals surface area contributed by atoms with Crippen LogP contribution in [0.4, 0.5) is 0 Å². The third-order valence-corrected chi connectivity index (χ3v) is 3.48. The first kappa shape index (κ1) is 11.6. The van der Waals surface area contributed by atoms with E-state index in [1.54, 1.807) is 7.11 Å². The lowest BCUT2D eigenvalue weighted by Crippen LogP contribution is -2.47. The van der Waals surface area contributed by atoms with E-state index in [4.69, 9.17) is 4.74 Å². The topological polar surface area (TPSA) is 21.3 Å². The Labute approximate surface area is 98.0 Å². The highest BCUT2D eigenvalue weighted by molar-refractivity contribution is 5.23. The molecule has 2 nitrogen and oxygen atoms in total. The summed E-state index contributed by atoms with van der Waals surface area (Å²) in [6.07, 6.45) is 3.99. The zero-order valence-corrected chi connectivity index (χ0v) is 10.3. The van der Waals surface area contributed by atoms with Gasteiger partial charge in [0.15, 0.2) is 0 Å². The van der Waals surface area contributed by atoms with Crippen molar-refractivity contribution < 1.29 is 4.74 Å². The lowest BCUT2D eigenvalue weighted by molar-refractivity contribution is 0.184. The van der Waals surface area contributed by atoms with Crippen molar-refractivity contribution in [2.24, 2.45) is 0 Å². The van der Waals surface area contributed by atoms with Gasteiger partial charge in [0.1, 0.15) is 0 Å². The number of hydrogen-bond donors (Lipinski definition) is 1. The molecule has 1 aromatic carbocycles. The predicted octanol–water partition coefficient (Wildman–Crippen LogP) is 2.87. The molecule has 0 bridgehead atoms.